The minimum absolute atomic E-state index is 0.301. The van der Waals surface area contributed by atoms with E-state index in [4.69, 9.17) is 0 Å². The Labute approximate surface area is 123 Å². The van der Waals surface area contributed by atoms with Crippen LogP contribution in [-0.2, 0) is 4.79 Å². The molecule has 4 nitrogen and oxygen atoms in total. The topological polar surface area (TPSA) is 52.6 Å². The lowest BCUT2D eigenvalue weighted by atomic mass is 9.91. The van der Waals surface area contributed by atoms with Crippen molar-refractivity contribution in [2.75, 3.05) is 13.1 Å². The van der Waals surface area contributed by atoms with E-state index in [0.29, 0.717) is 24.4 Å². The first kappa shape index (κ1) is 17.4. The normalized spacial score (nSPS) is 24.8. The fraction of sp³-hybridized carbons (Fsp3) is 0.938. The van der Waals surface area contributed by atoms with Crippen LogP contribution in [0.4, 0.5) is 0 Å². The summed E-state index contributed by atoms with van der Waals surface area (Å²) in [5.41, 5.74) is -0.820. The van der Waals surface area contributed by atoms with E-state index in [1.54, 1.807) is 0 Å². The number of carbonyl (C=O) groups is 1. The number of hydrogen-bond donors (Lipinski definition) is 2. The molecule has 0 amide bonds. The molecular formula is C16H32N2O2. The molecule has 0 aliphatic carbocycles. The van der Waals surface area contributed by atoms with E-state index >= 15 is 0 Å². The summed E-state index contributed by atoms with van der Waals surface area (Å²) >= 11 is 0. The van der Waals surface area contributed by atoms with Crippen molar-refractivity contribution in [3.05, 3.63) is 0 Å². The maximum Gasteiger partial charge on any atom is 0.323 e. The summed E-state index contributed by atoms with van der Waals surface area (Å²) in [4.78, 5) is 14.1. The van der Waals surface area contributed by atoms with Gasteiger partial charge in [0.05, 0.1) is 0 Å². The Morgan fingerprint density at radius 1 is 1.45 bits per heavy atom. The third-order valence-electron chi connectivity index (χ3n) is 4.62. The van der Waals surface area contributed by atoms with E-state index in [0.717, 1.165) is 19.5 Å². The van der Waals surface area contributed by atoms with Crippen molar-refractivity contribution in [1.82, 2.24) is 10.2 Å². The van der Waals surface area contributed by atoms with E-state index in [2.05, 4.69) is 37.9 Å². The summed E-state index contributed by atoms with van der Waals surface area (Å²) in [6.45, 7) is 12.4. The number of nitrogens with one attached hydrogen (secondary N) is 1. The van der Waals surface area contributed by atoms with Crippen LogP contribution in [0.2, 0.25) is 0 Å². The number of hydrogen-bond acceptors (Lipinski definition) is 3. The average molecular weight is 284 g/mol. The monoisotopic (exact) mass is 284 g/mol. The molecule has 2 N–H and O–H groups in total. The van der Waals surface area contributed by atoms with Crippen molar-refractivity contribution in [3.63, 3.8) is 0 Å². The molecule has 0 bridgehead atoms. The van der Waals surface area contributed by atoms with Gasteiger partial charge in [-0.2, -0.15) is 0 Å². The van der Waals surface area contributed by atoms with Crippen LogP contribution in [0.1, 0.15) is 60.3 Å². The van der Waals surface area contributed by atoms with Gasteiger partial charge in [0.1, 0.15) is 5.54 Å². The maximum atomic E-state index is 11.6. The van der Waals surface area contributed by atoms with E-state index in [9.17, 15) is 9.90 Å². The zero-order valence-corrected chi connectivity index (χ0v) is 13.8. The second-order valence-electron chi connectivity index (χ2n) is 6.81. The van der Waals surface area contributed by atoms with Crippen LogP contribution >= 0.6 is 0 Å². The van der Waals surface area contributed by atoms with E-state index in [1.165, 1.54) is 12.8 Å². The van der Waals surface area contributed by atoms with Gasteiger partial charge >= 0.3 is 5.97 Å². The highest BCUT2D eigenvalue weighted by Gasteiger charge is 2.38. The van der Waals surface area contributed by atoms with Crippen molar-refractivity contribution in [2.45, 2.75) is 77.9 Å². The molecule has 0 saturated carbocycles. The van der Waals surface area contributed by atoms with Crippen LogP contribution in [0.25, 0.3) is 0 Å². The minimum Gasteiger partial charge on any atom is -0.480 e. The molecule has 4 heteroatoms. The van der Waals surface area contributed by atoms with Gasteiger partial charge in [0, 0.05) is 12.1 Å². The molecule has 1 aliphatic heterocycles. The Hall–Kier alpha value is -0.610. The molecule has 0 aromatic heterocycles. The summed E-state index contributed by atoms with van der Waals surface area (Å²) in [6.07, 6.45) is 4.09. The van der Waals surface area contributed by atoms with Gasteiger partial charge < -0.3 is 10.4 Å². The third kappa shape index (κ3) is 4.19. The Morgan fingerprint density at radius 2 is 2.10 bits per heavy atom. The molecule has 0 aromatic rings. The molecule has 1 aliphatic rings. The van der Waals surface area contributed by atoms with Crippen molar-refractivity contribution in [3.8, 4) is 0 Å². The van der Waals surface area contributed by atoms with E-state index in [1.807, 2.05) is 6.92 Å². The maximum absolute atomic E-state index is 11.6. The summed E-state index contributed by atoms with van der Waals surface area (Å²) in [5, 5.41) is 12.8. The van der Waals surface area contributed by atoms with Crippen LogP contribution in [0.15, 0.2) is 0 Å². The molecule has 20 heavy (non-hydrogen) atoms. The highest BCUT2D eigenvalue weighted by Crippen LogP contribution is 2.29. The molecule has 1 rings (SSSR count). The van der Waals surface area contributed by atoms with Gasteiger partial charge in [0.25, 0.3) is 0 Å². The van der Waals surface area contributed by atoms with Gasteiger partial charge in [-0.3, -0.25) is 9.69 Å². The third-order valence-corrected chi connectivity index (χ3v) is 4.62. The number of likely N-dealkylation sites (tertiary alicyclic amines) is 1. The quantitative estimate of drug-likeness (QED) is 0.719. The molecule has 0 aromatic carbocycles. The fourth-order valence-electron chi connectivity index (χ4n) is 3.42. The van der Waals surface area contributed by atoms with Crippen LogP contribution in [0.3, 0.4) is 0 Å². The lowest BCUT2D eigenvalue weighted by molar-refractivity contribution is -0.145. The zero-order valence-electron chi connectivity index (χ0n) is 13.8. The second-order valence-corrected chi connectivity index (χ2v) is 6.81. The van der Waals surface area contributed by atoms with Crippen LogP contribution in [-0.4, -0.2) is 46.7 Å². The summed E-state index contributed by atoms with van der Waals surface area (Å²) < 4.78 is 0. The number of carboxylic acids is 1. The Morgan fingerprint density at radius 3 is 2.60 bits per heavy atom. The molecule has 0 spiro atoms. The van der Waals surface area contributed by atoms with Crippen molar-refractivity contribution in [2.24, 2.45) is 5.92 Å². The molecule has 3 atom stereocenters. The predicted octanol–water partition coefficient (Wildman–Crippen LogP) is 2.73. The number of rotatable bonds is 8. The summed E-state index contributed by atoms with van der Waals surface area (Å²) in [6, 6.07) is 0.907. The highest BCUT2D eigenvalue weighted by molar-refractivity contribution is 5.78. The highest BCUT2D eigenvalue weighted by atomic mass is 16.4. The number of nitrogens with zero attached hydrogens (tertiary/aromatic N) is 1. The SMILES string of the molecule is CCCNC(C)(CC(C)N1CCCC1C(C)C)C(=O)O. The average Bonchev–Trinajstić information content (AvgIpc) is 2.85. The van der Waals surface area contributed by atoms with Gasteiger partial charge in [-0.1, -0.05) is 20.8 Å². The Balaban J connectivity index is 2.70. The standard InChI is InChI=1S/C16H32N2O2/c1-6-9-17-16(5,15(19)20)11-13(4)18-10-7-8-14(18)12(2)3/h12-14,17H,6-11H2,1-5H3,(H,19,20). The summed E-state index contributed by atoms with van der Waals surface area (Å²) in [5.74, 6) is -0.0993. The van der Waals surface area contributed by atoms with Gasteiger partial charge in [-0.15, -0.1) is 0 Å². The molecule has 3 unspecified atom stereocenters. The van der Waals surface area contributed by atoms with Crippen LogP contribution in [0, 0.1) is 5.92 Å². The van der Waals surface area contributed by atoms with E-state index in [-0.39, 0.29) is 0 Å². The predicted molar refractivity (Wildman–Crippen MR) is 83.0 cm³/mol. The fourth-order valence-corrected chi connectivity index (χ4v) is 3.42. The van der Waals surface area contributed by atoms with Gasteiger partial charge in [-0.05, 0) is 58.5 Å². The molecule has 1 heterocycles. The molecule has 1 fully saturated rings. The molecule has 1 saturated heterocycles. The van der Waals surface area contributed by atoms with Crippen LogP contribution in [0.5, 0.6) is 0 Å². The summed E-state index contributed by atoms with van der Waals surface area (Å²) in [7, 11) is 0. The van der Waals surface area contributed by atoms with Crippen molar-refractivity contribution in [1.29, 1.82) is 0 Å². The molecular weight excluding hydrogens is 252 g/mol. The smallest absolute Gasteiger partial charge is 0.323 e. The lowest BCUT2D eigenvalue weighted by Gasteiger charge is -2.37. The Bertz CT molecular complexity index is 320. The first-order chi connectivity index (χ1) is 9.31. The first-order valence-electron chi connectivity index (χ1n) is 8.06. The zero-order chi connectivity index (χ0) is 15.3. The van der Waals surface area contributed by atoms with Crippen molar-refractivity contribution >= 4 is 5.97 Å². The lowest BCUT2D eigenvalue weighted by Crippen LogP contribution is -2.54. The first-order valence-corrected chi connectivity index (χ1v) is 8.06. The largest absolute Gasteiger partial charge is 0.480 e. The van der Waals surface area contributed by atoms with Gasteiger partial charge in [-0.25, -0.2) is 0 Å². The number of carboxylic acid groups (broad SMARTS) is 1. The molecule has 118 valence electrons. The molecule has 0 radical (unpaired) electrons. The Kier molecular flexibility index (Phi) is 6.46. The second kappa shape index (κ2) is 7.41. The van der Waals surface area contributed by atoms with Gasteiger partial charge in [0.15, 0.2) is 0 Å². The number of aliphatic carboxylic acids is 1. The van der Waals surface area contributed by atoms with Crippen molar-refractivity contribution < 1.29 is 9.90 Å². The van der Waals surface area contributed by atoms with E-state index < -0.39 is 11.5 Å². The van der Waals surface area contributed by atoms with Crippen LogP contribution < -0.4 is 5.32 Å². The van der Waals surface area contributed by atoms with Gasteiger partial charge in [0.2, 0.25) is 0 Å². The minimum atomic E-state index is -0.820.